The summed E-state index contributed by atoms with van der Waals surface area (Å²) < 4.78 is 32.0. The first-order chi connectivity index (χ1) is 9.57. The van der Waals surface area contributed by atoms with E-state index in [-0.39, 0.29) is 5.09 Å². The highest BCUT2D eigenvalue weighted by Gasteiger charge is 2.32. The molecule has 0 radical (unpaired) electrons. The number of nitrogens with one attached hydrogen (secondary N) is 1. The van der Waals surface area contributed by atoms with Crippen LogP contribution in [0.25, 0.3) is 0 Å². The SMILES string of the molecule is CCCNCc1ccc(S(=O)(=O)N(CC)CC2CC2)o1. The fourth-order valence-electron chi connectivity index (χ4n) is 2.09. The normalized spacial score (nSPS) is 15.9. The van der Waals surface area contributed by atoms with Crippen molar-refractivity contribution in [1.82, 2.24) is 9.62 Å². The Hall–Kier alpha value is -0.850. The summed E-state index contributed by atoms with van der Waals surface area (Å²) in [6.45, 7) is 6.52. The molecule has 1 aromatic heterocycles. The van der Waals surface area contributed by atoms with Gasteiger partial charge in [-0.25, -0.2) is 8.42 Å². The van der Waals surface area contributed by atoms with Crippen molar-refractivity contribution in [3.8, 4) is 0 Å². The van der Waals surface area contributed by atoms with Crippen molar-refractivity contribution in [2.24, 2.45) is 5.92 Å². The number of nitrogens with zero attached hydrogens (tertiary/aromatic N) is 1. The van der Waals surface area contributed by atoms with Crippen molar-refractivity contribution < 1.29 is 12.8 Å². The zero-order valence-electron chi connectivity index (χ0n) is 12.3. The average Bonchev–Trinajstić information content (AvgIpc) is 3.12. The smallest absolute Gasteiger partial charge is 0.276 e. The van der Waals surface area contributed by atoms with Crippen LogP contribution in [-0.2, 0) is 16.6 Å². The third-order valence-corrected chi connectivity index (χ3v) is 5.28. The minimum Gasteiger partial charge on any atom is -0.447 e. The van der Waals surface area contributed by atoms with Gasteiger partial charge in [0.1, 0.15) is 5.76 Å². The lowest BCUT2D eigenvalue weighted by molar-refractivity contribution is 0.363. The molecule has 1 N–H and O–H groups in total. The maximum absolute atomic E-state index is 12.5. The van der Waals surface area contributed by atoms with E-state index in [4.69, 9.17) is 4.42 Å². The summed E-state index contributed by atoms with van der Waals surface area (Å²) in [5.74, 6) is 1.20. The second-order valence-electron chi connectivity index (χ2n) is 5.30. The zero-order valence-corrected chi connectivity index (χ0v) is 13.1. The van der Waals surface area contributed by atoms with Crippen molar-refractivity contribution in [1.29, 1.82) is 0 Å². The molecule has 1 aromatic rings. The number of hydrogen-bond donors (Lipinski definition) is 1. The first-order valence-electron chi connectivity index (χ1n) is 7.37. The van der Waals surface area contributed by atoms with Crippen LogP contribution >= 0.6 is 0 Å². The van der Waals surface area contributed by atoms with Crippen LogP contribution in [0.3, 0.4) is 0 Å². The Morgan fingerprint density at radius 2 is 2.10 bits per heavy atom. The Balaban J connectivity index is 2.03. The van der Waals surface area contributed by atoms with Gasteiger partial charge in [0, 0.05) is 13.1 Å². The fraction of sp³-hybridized carbons (Fsp3) is 0.714. The Labute approximate surface area is 121 Å². The van der Waals surface area contributed by atoms with Crippen molar-refractivity contribution in [2.75, 3.05) is 19.6 Å². The van der Waals surface area contributed by atoms with Gasteiger partial charge in [0.05, 0.1) is 6.54 Å². The lowest BCUT2D eigenvalue weighted by Crippen LogP contribution is -2.32. The Morgan fingerprint density at radius 1 is 1.35 bits per heavy atom. The molecule has 0 amide bonds. The molecule has 6 heteroatoms. The third kappa shape index (κ3) is 3.84. The van der Waals surface area contributed by atoms with Gasteiger partial charge in [-0.2, -0.15) is 4.31 Å². The summed E-state index contributed by atoms with van der Waals surface area (Å²) in [6.07, 6.45) is 3.31. The summed E-state index contributed by atoms with van der Waals surface area (Å²) in [5, 5.41) is 3.26. The minimum absolute atomic E-state index is 0.0632. The van der Waals surface area contributed by atoms with Gasteiger partial charge in [-0.15, -0.1) is 0 Å². The van der Waals surface area contributed by atoms with Crippen LogP contribution in [0.1, 0.15) is 38.9 Å². The van der Waals surface area contributed by atoms with E-state index in [0.717, 1.165) is 25.8 Å². The van der Waals surface area contributed by atoms with Crippen molar-refractivity contribution in [2.45, 2.75) is 44.7 Å². The second kappa shape index (κ2) is 6.74. The van der Waals surface area contributed by atoms with E-state index in [9.17, 15) is 8.42 Å². The first-order valence-corrected chi connectivity index (χ1v) is 8.81. The summed E-state index contributed by atoms with van der Waals surface area (Å²) in [4.78, 5) is 0. The van der Waals surface area contributed by atoms with Crippen molar-refractivity contribution >= 4 is 10.0 Å². The van der Waals surface area contributed by atoms with Gasteiger partial charge in [-0.3, -0.25) is 0 Å². The topological polar surface area (TPSA) is 62.6 Å². The molecule has 5 nitrogen and oxygen atoms in total. The summed E-state index contributed by atoms with van der Waals surface area (Å²) in [7, 11) is -3.48. The van der Waals surface area contributed by atoms with Crippen LogP contribution in [0, 0.1) is 5.92 Å². The molecule has 1 saturated carbocycles. The van der Waals surface area contributed by atoms with Crippen LogP contribution in [0.5, 0.6) is 0 Å². The predicted octanol–water partition coefficient (Wildman–Crippen LogP) is 2.20. The molecule has 0 atom stereocenters. The average molecular weight is 300 g/mol. The van der Waals surface area contributed by atoms with E-state index in [1.165, 1.54) is 4.31 Å². The third-order valence-electron chi connectivity index (χ3n) is 3.47. The van der Waals surface area contributed by atoms with Crippen LogP contribution in [0.15, 0.2) is 21.6 Å². The van der Waals surface area contributed by atoms with Crippen molar-refractivity contribution in [3.05, 3.63) is 17.9 Å². The monoisotopic (exact) mass is 300 g/mol. The van der Waals surface area contributed by atoms with Gasteiger partial charge in [0.15, 0.2) is 0 Å². The Bertz CT molecular complexity index is 520. The van der Waals surface area contributed by atoms with Crippen LogP contribution < -0.4 is 5.32 Å². The van der Waals surface area contributed by atoms with Crippen LogP contribution in [0.2, 0.25) is 0 Å². The molecule has 0 saturated heterocycles. The molecule has 114 valence electrons. The lowest BCUT2D eigenvalue weighted by atomic mass is 10.4. The summed E-state index contributed by atoms with van der Waals surface area (Å²) in [6, 6.07) is 3.30. The molecule has 2 rings (SSSR count). The largest absolute Gasteiger partial charge is 0.447 e. The zero-order chi connectivity index (χ0) is 14.6. The highest BCUT2D eigenvalue weighted by Crippen LogP contribution is 2.31. The van der Waals surface area contributed by atoms with Crippen LogP contribution in [-0.4, -0.2) is 32.4 Å². The highest BCUT2D eigenvalue weighted by molar-refractivity contribution is 7.89. The molecule has 0 spiro atoms. The minimum atomic E-state index is -3.48. The van der Waals surface area contributed by atoms with E-state index in [1.54, 1.807) is 12.1 Å². The van der Waals surface area contributed by atoms with Gasteiger partial charge in [0.2, 0.25) is 5.09 Å². The molecular weight excluding hydrogens is 276 g/mol. The maximum atomic E-state index is 12.5. The molecule has 0 unspecified atom stereocenters. The molecule has 1 heterocycles. The van der Waals surface area contributed by atoms with E-state index < -0.39 is 10.0 Å². The Morgan fingerprint density at radius 3 is 2.70 bits per heavy atom. The molecule has 1 fully saturated rings. The first kappa shape index (κ1) is 15.5. The van der Waals surface area contributed by atoms with Gasteiger partial charge in [-0.1, -0.05) is 13.8 Å². The van der Waals surface area contributed by atoms with Gasteiger partial charge in [-0.05, 0) is 43.9 Å². The van der Waals surface area contributed by atoms with E-state index in [2.05, 4.69) is 12.2 Å². The molecular formula is C14H24N2O3S. The van der Waals surface area contributed by atoms with E-state index >= 15 is 0 Å². The lowest BCUT2D eigenvalue weighted by Gasteiger charge is -2.18. The number of sulfonamides is 1. The fourth-order valence-corrected chi connectivity index (χ4v) is 3.55. The van der Waals surface area contributed by atoms with E-state index in [0.29, 0.717) is 31.3 Å². The molecule has 1 aliphatic rings. The number of rotatable bonds is 9. The standard InChI is InChI=1S/C14H24N2O3S/c1-3-9-15-10-13-7-8-14(19-13)20(17,18)16(4-2)11-12-5-6-12/h7-8,12,15H,3-6,9-11H2,1-2H3. The highest BCUT2D eigenvalue weighted by atomic mass is 32.2. The molecule has 20 heavy (non-hydrogen) atoms. The number of furan rings is 1. The van der Waals surface area contributed by atoms with E-state index in [1.807, 2.05) is 6.92 Å². The van der Waals surface area contributed by atoms with Crippen molar-refractivity contribution in [3.63, 3.8) is 0 Å². The summed E-state index contributed by atoms with van der Waals surface area (Å²) >= 11 is 0. The summed E-state index contributed by atoms with van der Waals surface area (Å²) in [5.41, 5.74) is 0. The molecule has 0 aliphatic heterocycles. The van der Waals surface area contributed by atoms with Crippen LogP contribution in [0.4, 0.5) is 0 Å². The quantitative estimate of drug-likeness (QED) is 0.710. The van der Waals surface area contributed by atoms with Gasteiger partial charge < -0.3 is 9.73 Å². The molecule has 0 bridgehead atoms. The predicted molar refractivity (Wildman–Crippen MR) is 77.9 cm³/mol. The molecule has 1 aliphatic carbocycles. The van der Waals surface area contributed by atoms with Gasteiger partial charge >= 0.3 is 0 Å². The number of hydrogen-bond acceptors (Lipinski definition) is 4. The molecule has 0 aromatic carbocycles. The Kier molecular flexibility index (Phi) is 5.23. The van der Waals surface area contributed by atoms with Gasteiger partial charge in [0.25, 0.3) is 10.0 Å². The second-order valence-corrected chi connectivity index (χ2v) is 7.17. The maximum Gasteiger partial charge on any atom is 0.276 e.